The van der Waals surface area contributed by atoms with Crippen molar-refractivity contribution < 1.29 is 9.47 Å². The Morgan fingerprint density at radius 3 is 2.85 bits per heavy atom. The lowest BCUT2D eigenvalue weighted by Crippen LogP contribution is -2.41. The van der Waals surface area contributed by atoms with Gasteiger partial charge in [-0.1, -0.05) is 50.1 Å². The summed E-state index contributed by atoms with van der Waals surface area (Å²) < 4.78 is 12.5. The number of hydrogen-bond donors (Lipinski definition) is 0. The Labute approximate surface area is 122 Å². The van der Waals surface area contributed by atoms with E-state index in [1.807, 2.05) is 6.07 Å². The van der Waals surface area contributed by atoms with Gasteiger partial charge in [0.15, 0.2) is 0 Å². The fourth-order valence-electron chi connectivity index (χ4n) is 3.81. The fraction of sp³-hybridized carbons (Fsp3) is 0.667. The van der Waals surface area contributed by atoms with Crippen molar-refractivity contribution in [3.63, 3.8) is 0 Å². The first-order chi connectivity index (χ1) is 9.70. The fourth-order valence-corrected chi connectivity index (χ4v) is 3.81. The van der Waals surface area contributed by atoms with E-state index < -0.39 is 0 Å². The molecule has 3 rings (SSSR count). The van der Waals surface area contributed by atoms with E-state index in [0.717, 1.165) is 12.8 Å². The molecule has 3 atom stereocenters. The number of benzene rings is 1. The molecule has 1 aromatic rings. The second kappa shape index (κ2) is 5.50. The Bertz CT molecular complexity index is 444. The highest BCUT2D eigenvalue weighted by Crippen LogP contribution is 2.60. The molecule has 1 saturated carbocycles. The number of fused-ring (bicyclic) bond motifs is 1. The van der Waals surface area contributed by atoms with Gasteiger partial charge in [0.1, 0.15) is 5.60 Å². The number of hydrogen-bond acceptors (Lipinski definition) is 2. The maximum Gasteiger partial charge on any atom is 0.124 e. The van der Waals surface area contributed by atoms with Crippen LogP contribution in [0, 0.1) is 0 Å². The van der Waals surface area contributed by atoms with Crippen molar-refractivity contribution >= 4 is 0 Å². The van der Waals surface area contributed by atoms with Gasteiger partial charge in [0.2, 0.25) is 0 Å². The molecule has 2 nitrogen and oxygen atoms in total. The molecule has 2 heteroatoms. The highest BCUT2D eigenvalue weighted by Gasteiger charge is 2.71. The van der Waals surface area contributed by atoms with Crippen LogP contribution in [0.25, 0.3) is 0 Å². The minimum Gasteiger partial charge on any atom is -0.370 e. The van der Waals surface area contributed by atoms with Crippen molar-refractivity contribution in [2.45, 2.75) is 76.3 Å². The van der Waals surface area contributed by atoms with Crippen LogP contribution < -0.4 is 0 Å². The smallest absolute Gasteiger partial charge is 0.124 e. The third kappa shape index (κ3) is 2.40. The van der Waals surface area contributed by atoms with Crippen molar-refractivity contribution in [2.24, 2.45) is 0 Å². The van der Waals surface area contributed by atoms with Crippen LogP contribution in [0.5, 0.6) is 0 Å². The highest BCUT2D eigenvalue weighted by atomic mass is 16.7. The van der Waals surface area contributed by atoms with Crippen molar-refractivity contribution in [1.82, 2.24) is 0 Å². The van der Waals surface area contributed by atoms with E-state index in [2.05, 4.69) is 38.1 Å². The molecule has 1 saturated heterocycles. The summed E-state index contributed by atoms with van der Waals surface area (Å²) in [5.41, 5.74) is 1.35. The maximum absolute atomic E-state index is 6.26. The summed E-state index contributed by atoms with van der Waals surface area (Å²) in [6, 6.07) is 10.5. The van der Waals surface area contributed by atoms with E-state index in [4.69, 9.17) is 9.47 Å². The van der Waals surface area contributed by atoms with Crippen molar-refractivity contribution in [3.8, 4) is 0 Å². The second-order valence-corrected chi connectivity index (χ2v) is 6.50. The zero-order valence-corrected chi connectivity index (χ0v) is 12.7. The molecule has 0 bridgehead atoms. The van der Waals surface area contributed by atoms with Gasteiger partial charge in [-0.2, -0.15) is 0 Å². The molecule has 110 valence electrons. The summed E-state index contributed by atoms with van der Waals surface area (Å²) in [6.45, 7) is 5.23. The van der Waals surface area contributed by atoms with Crippen molar-refractivity contribution in [2.75, 3.05) is 0 Å². The summed E-state index contributed by atoms with van der Waals surface area (Å²) in [5, 5.41) is 0. The van der Waals surface area contributed by atoms with Crippen LogP contribution >= 0.6 is 0 Å². The molecule has 0 aromatic heterocycles. The number of ether oxygens (including phenoxy) is 2. The van der Waals surface area contributed by atoms with Gasteiger partial charge in [-0.15, -0.1) is 0 Å². The standard InChI is InChI=1S/C18H26O2/c1-3-4-13-18-16(11-8-12-17(18,2)20-18)19-14-15-9-6-5-7-10-15/h5-7,9-10,16H,3-4,8,11-14H2,1-2H3/t16-,17+,18-/m1/s1. The Morgan fingerprint density at radius 2 is 2.10 bits per heavy atom. The average Bonchev–Trinajstić information content (AvgIpc) is 3.10. The third-order valence-electron chi connectivity index (χ3n) is 5.10. The molecule has 0 amide bonds. The summed E-state index contributed by atoms with van der Waals surface area (Å²) in [5.74, 6) is 0. The first kappa shape index (κ1) is 14.1. The largest absolute Gasteiger partial charge is 0.370 e. The van der Waals surface area contributed by atoms with E-state index in [-0.39, 0.29) is 17.3 Å². The Morgan fingerprint density at radius 1 is 1.30 bits per heavy atom. The van der Waals surface area contributed by atoms with Gasteiger partial charge in [0.25, 0.3) is 0 Å². The normalized spacial score (nSPS) is 35.6. The lowest BCUT2D eigenvalue weighted by atomic mass is 9.75. The molecule has 1 heterocycles. The van der Waals surface area contributed by atoms with Gasteiger partial charge in [-0.3, -0.25) is 0 Å². The van der Waals surface area contributed by atoms with Crippen LogP contribution in [0.2, 0.25) is 0 Å². The second-order valence-electron chi connectivity index (χ2n) is 6.50. The first-order valence-electron chi connectivity index (χ1n) is 8.06. The lowest BCUT2D eigenvalue weighted by Gasteiger charge is -2.31. The number of epoxide rings is 1. The van der Waals surface area contributed by atoms with Gasteiger partial charge >= 0.3 is 0 Å². The summed E-state index contributed by atoms with van der Waals surface area (Å²) in [7, 11) is 0. The van der Waals surface area contributed by atoms with E-state index in [0.29, 0.717) is 6.61 Å². The molecule has 0 unspecified atom stereocenters. The lowest BCUT2D eigenvalue weighted by molar-refractivity contribution is -0.0277. The predicted octanol–water partition coefficient (Wildman–Crippen LogP) is 4.47. The van der Waals surface area contributed by atoms with E-state index in [1.165, 1.54) is 31.2 Å². The SMILES string of the molecule is CCCC[C@]12O[C@@]1(C)CCC[C@H]2OCc1ccccc1. The zero-order chi connectivity index (χ0) is 14.1. The average molecular weight is 274 g/mol. The van der Waals surface area contributed by atoms with Crippen LogP contribution in [0.3, 0.4) is 0 Å². The Balaban J connectivity index is 1.65. The van der Waals surface area contributed by atoms with E-state index >= 15 is 0 Å². The van der Waals surface area contributed by atoms with Crippen LogP contribution in [-0.4, -0.2) is 17.3 Å². The molecule has 1 aliphatic heterocycles. The topological polar surface area (TPSA) is 21.8 Å². The highest BCUT2D eigenvalue weighted by molar-refractivity contribution is 5.20. The molecular weight excluding hydrogens is 248 g/mol. The maximum atomic E-state index is 6.26. The Hall–Kier alpha value is -0.860. The number of rotatable bonds is 6. The molecular formula is C18H26O2. The molecule has 2 aliphatic rings. The van der Waals surface area contributed by atoms with Crippen LogP contribution in [-0.2, 0) is 16.1 Å². The quantitative estimate of drug-likeness (QED) is 0.714. The predicted molar refractivity (Wildman–Crippen MR) is 80.6 cm³/mol. The van der Waals surface area contributed by atoms with Crippen LogP contribution in [0.1, 0.15) is 57.9 Å². The molecule has 20 heavy (non-hydrogen) atoms. The van der Waals surface area contributed by atoms with Gasteiger partial charge in [0, 0.05) is 0 Å². The van der Waals surface area contributed by atoms with Gasteiger partial charge in [-0.25, -0.2) is 0 Å². The molecule has 0 radical (unpaired) electrons. The third-order valence-corrected chi connectivity index (χ3v) is 5.10. The van der Waals surface area contributed by atoms with Crippen LogP contribution in [0.4, 0.5) is 0 Å². The summed E-state index contributed by atoms with van der Waals surface area (Å²) >= 11 is 0. The van der Waals surface area contributed by atoms with Crippen LogP contribution in [0.15, 0.2) is 30.3 Å². The van der Waals surface area contributed by atoms with E-state index in [1.54, 1.807) is 0 Å². The van der Waals surface area contributed by atoms with Gasteiger partial charge < -0.3 is 9.47 Å². The molecule has 1 aromatic carbocycles. The molecule has 1 aliphatic carbocycles. The van der Waals surface area contributed by atoms with Crippen molar-refractivity contribution in [3.05, 3.63) is 35.9 Å². The minimum atomic E-state index is 0.00996. The molecule has 0 N–H and O–H groups in total. The van der Waals surface area contributed by atoms with Gasteiger partial charge in [0.05, 0.1) is 18.3 Å². The number of unbranched alkanes of at least 4 members (excludes halogenated alkanes) is 1. The van der Waals surface area contributed by atoms with Crippen molar-refractivity contribution in [1.29, 1.82) is 0 Å². The van der Waals surface area contributed by atoms with E-state index in [9.17, 15) is 0 Å². The first-order valence-corrected chi connectivity index (χ1v) is 8.06. The monoisotopic (exact) mass is 274 g/mol. The van der Waals surface area contributed by atoms with Gasteiger partial charge in [-0.05, 0) is 38.2 Å². The summed E-state index contributed by atoms with van der Waals surface area (Å²) in [6.07, 6.45) is 7.46. The summed E-state index contributed by atoms with van der Waals surface area (Å²) in [4.78, 5) is 0. The zero-order valence-electron chi connectivity index (χ0n) is 12.7. The molecule has 0 spiro atoms. The minimum absolute atomic E-state index is 0.00996. The Kier molecular flexibility index (Phi) is 3.87. The molecule has 2 fully saturated rings.